The number of halogens is 2. The maximum atomic E-state index is 14.8. The van der Waals surface area contributed by atoms with Crippen LogP contribution in [-0.2, 0) is 6.54 Å². The minimum atomic E-state index is -0.667. The Bertz CT molecular complexity index is 1640. The van der Waals surface area contributed by atoms with E-state index in [1.165, 1.54) is 6.07 Å². The zero-order chi connectivity index (χ0) is 26.4. The van der Waals surface area contributed by atoms with Gasteiger partial charge in [0.05, 0.1) is 16.9 Å². The van der Waals surface area contributed by atoms with Crippen molar-refractivity contribution in [2.75, 3.05) is 5.32 Å². The van der Waals surface area contributed by atoms with Crippen LogP contribution < -0.4 is 21.8 Å². The number of aromatic nitrogens is 1. The van der Waals surface area contributed by atoms with Gasteiger partial charge in [-0.3, -0.25) is 10.1 Å². The number of hydrogen-bond acceptors (Lipinski definition) is 6. The van der Waals surface area contributed by atoms with Crippen LogP contribution in [-0.4, -0.2) is 15.9 Å². The van der Waals surface area contributed by atoms with Crippen LogP contribution in [0.4, 0.5) is 15.8 Å². The predicted molar refractivity (Wildman–Crippen MR) is 151 cm³/mol. The maximum absolute atomic E-state index is 14.8. The second-order valence-corrected chi connectivity index (χ2v) is 10.7. The topological polar surface area (TPSA) is 96.5 Å². The third-order valence-corrected chi connectivity index (χ3v) is 7.33. The van der Waals surface area contributed by atoms with E-state index >= 15 is 0 Å². The molecule has 0 radical (unpaired) electrons. The largest absolute Gasteiger partial charge is 0.421 e. The van der Waals surface area contributed by atoms with Crippen LogP contribution in [0.5, 0.6) is 0 Å². The van der Waals surface area contributed by atoms with E-state index in [1.54, 1.807) is 30.5 Å². The van der Waals surface area contributed by atoms with E-state index in [9.17, 15) is 19.1 Å². The van der Waals surface area contributed by atoms with Crippen molar-refractivity contribution < 1.29 is 13.9 Å². The normalized spacial score (nSPS) is 14.2. The molecular weight excluding hydrogens is 588 g/mol. The zero-order valence-corrected chi connectivity index (χ0v) is 22.9. The van der Waals surface area contributed by atoms with Gasteiger partial charge >= 0.3 is 5.63 Å². The number of anilines is 2. The van der Waals surface area contributed by atoms with Crippen molar-refractivity contribution in [1.29, 1.82) is 0 Å². The Morgan fingerprint density at radius 1 is 1.19 bits per heavy atom. The van der Waals surface area contributed by atoms with Gasteiger partial charge in [0.1, 0.15) is 17.4 Å². The number of benzene rings is 2. The minimum absolute atomic E-state index is 0.0610. The Morgan fingerprint density at radius 3 is 2.62 bits per heavy atom. The van der Waals surface area contributed by atoms with Crippen molar-refractivity contribution >= 4 is 44.9 Å². The molecule has 2 heterocycles. The lowest BCUT2D eigenvalue weighted by Crippen LogP contribution is -2.25. The Hall–Kier alpha value is -3.02. The number of aliphatic hydroxyl groups is 1. The fourth-order valence-electron chi connectivity index (χ4n) is 4.66. The van der Waals surface area contributed by atoms with E-state index in [4.69, 9.17) is 4.42 Å². The molecule has 0 amide bonds. The Labute approximate surface area is 226 Å². The first-order chi connectivity index (χ1) is 17.7. The number of hydrogen-bond donors (Lipinski definition) is 3. The molecule has 192 valence electrons. The molecule has 2 aromatic carbocycles. The zero-order valence-electron chi connectivity index (χ0n) is 20.7. The van der Waals surface area contributed by atoms with Crippen LogP contribution >= 0.6 is 22.6 Å². The summed E-state index contributed by atoms with van der Waals surface area (Å²) in [6.07, 6.45) is 1.10. The standard InChI is InChI=1S/C28H27FIN3O4/c1-14-25(32-22-10-7-19(30)12-21(22)29)24-26(37-28(14)36)23(15(2)33(27(24)35)20-8-9-20)18-6-4-5-17(11-18)13-31-16(3)34/h4-7,10-12,16,20,31-32,34H,8-9,13H2,1-3H3. The number of rotatable bonds is 7. The van der Waals surface area contributed by atoms with Crippen LogP contribution in [0.1, 0.15) is 42.6 Å². The Morgan fingerprint density at radius 2 is 1.95 bits per heavy atom. The minimum Gasteiger partial charge on any atom is -0.421 e. The molecule has 1 saturated carbocycles. The van der Waals surface area contributed by atoms with Crippen molar-refractivity contribution in [3.63, 3.8) is 0 Å². The highest BCUT2D eigenvalue weighted by Crippen LogP contribution is 2.41. The van der Waals surface area contributed by atoms with Crippen LogP contribution in [0, 0.1) is 23.2 Å². The van der Waals surface area contributed by atoms with Gasteiger partial charge in [0.25, 0.3) is 5.56 Å². The van der Waals surface area contributed by atoms with Gasteiger partial charge in [-0.2, -0.15) is 0 Å². The van der Waals surface area contributed by atoms with Gasteiger partial charge in [0.15, 0.2) is 5.58 Å². The van der Waals surface area contributed by atoms with Crippen LogP contribution in [0.15, 0.2) is 56.5 Å². The molecule has 0 spiro atoms. The van der Waals surface area contributed by atoms with E-state index in [-0.39, 0.29) is 39.5 Å². The molecule has 5 rings (SSSR count). The van der Waals surface area contributed by atoms with Gasteiger partial charge < -0.3 is 19.4 Å². The first kappa shape index (κ1) is 25.6. The predicted octanol–water partition coefficient (Wildman–Crippen LogP) is 5.49. The third-order valence-electron chi connectivity index (χ3n) is 6.66. The van der Waals surface area contributed by atoms with Crippen molar-refractivity contribution in [1.82, 2.24) is 9.88 Å². The number of aliphatic hydroxyl groups excluding tert-OH is 1. The van der Waals surface area contributed by atoms with E-state index in [0.717, 1.165) is 27.5 Å². The van der Waals surface area contributed by atoms with Gasteiger partial charge in [-0.05, 0) is 91.6 Å². The molecule has 9 heteroatoms. The summed E-state index contributed by atoms with van der Waals surface area (Å²) < 4.78 is 23.1. The molecule has 7 nitrogen and oxygen atoms in total. The van der Waals surface area contributed by atoms with Crippen molar-refractivity contribution in [3.05, 3.63) is 89.4 Å². The number of nitrogens with zero attached hydrogens (tertiary/aromatic N) is 1. The summed E-state index contributed by atoms with van der Waals surface area (Å²) in [7, 11) is 0. The first-order valence-corrected chi connectivity index (χ1v) is 13.2. The third kappa shape index (κ3) is 4.95. The Balaban J connectivity index is 1.80. The van der Waals surface area contributed by atoms with Crippen LogP contribution in [0.3, 0.4) is 0 Å². The molecule has 0 bridgehead atoms. The van der Waals surface area contributed by atoms with E-state index < -0.39 is 17.7 Å². The molecule has 1 fully saturated rings. The number of pyridine rings is 1. The lowest BCUT2D eigenvalue weighted by molar-refractivity contribution is 0.155. The molecule has 1 atom stereocenters. The lowest BCUT2D eigenvalue weighted by Gasteiger charge is -2.20. The van der Waals surface area contributed by atoms with E-state index in [2.05, 4.69) is 10.6 Å². The van der Waals surface area contributed by atoms with Crippen LogP contribution in [0.2, 0.25) is 0 Å². The van der Waals surface area contributed by atoms with Gasteiger partial charge in [0, 0.05) is 27.4 Å². The monoisotopic (exact) mass is 615 g/mol. The lowest BCUT2D eigenvalue weighted by atomic mass is 9.98. The van der Waals surface area contributed by atoms with E-state index in [1.807, 2.05) is 53.8 Å². The summed E-state index contributed by atoms with van der Waals surface area (Å²) in [5.41, 5.74) is 2.97. The van der Waals surface area contributed by atoms with E-state index in [0.29, 0.717) is 17.8 Å². The first-order valence-electron chi connectivity index (χ1n) is 12.1. The average molecular weight is 615 g/mol. The summed E-state index contributed by atoms with van der Waals surface area (Å²) >= 11 is 2.02. The van der Waals surface area contributed by atoms with Gasteiger partial charge in [-0.1, -0.05) is 18.2 Å². The fourth-order valence-corrected chi connectivity index (χ4v) is 5.11. The van der Waals surface area contributed by atoms with Crippen molar-refractivity contribution in [2.24, 2.45) is 0 Å². The fraction of sp³-hybridized carbons (Fsp3) is 0.286. The highest BCUT2D eigenvalue weighted by molar-refractivity contribution is 14.1. The quantitative estimate of drug-likeness (QED) is 0.188. The smallest absolute Gasteiger partial charge is 0.341 e. The van der Waals surface area contributed by atoms with Gasteiger partial charge in [-0.25, -0.2) is 9.18 Å². The SMILES string of the molecule is Cc1c(Nc2ccc(I)cc2F)c2c(=O)n(C3CC3)c(C)c(-c3cccc(CNC(C)O)c3)c2oc1=O. The molecule has 1 aliphatic carbocycles. The molecule has 4 aromatic rings. The Kier molecular flexibility index (Phi) is 6.95. The van der Waals surface area contributed by atoms with Gasteiger partial charge in [-0.15, -0.1) is 0 Å². The summed E-state index contributed by atoms with van der Waals surface area (Å²) in [5, 5.41) is 15.9. The number of nitrogens with one attached hydrogen (secondary N) is 2. The van der Waals surface area contributed by atoms with Crippen molar-refractivity contribution in [3.8, 4) is 11.1 Å². The summed E-state index contributed by atoms with van der Waals surface area (Å²) in [4.78, 5) is 26.9. The second-order valence-electron chi connectivity index (χ2n) is 9.47. The molecule has 37 heavy (non-hydrogen) atoms. The molecule has 2 aromatic heterocycles. The van der Waals surface area contributed by atoms with Crippen LogP contribution in [0.25, 0.3) is 22.1 Å². The second kappa shape index (κ2) is 10.0. The van der Waals surface area contributed by atoms with Crippen molar-refractivity contribution in [2.45, 2.75) is 52.4 Å². The average Bonchev–Trinajstić information content (AvgIpc) is 3.67. The molecular formula is C28H27FIN3O4. The molecule has 3 N–H and O–H groups in total. The van der Waals surface area contributed by atoms with Gasteiger partial charge in [0.2, 0.25) is 0 Å². The summed E-state index contributed by atoms with van der Waals surface area (Å²) in [6.45, 7) is 5.52. The number of fused-ring (bicyclic) bond motifs is 1. The highest BCUT2D eigenvalue weighted by Gasteiger charge is 2.31. The highest BCUT2D eigenvalue weighted by atomic mass is 127. The molecule has 0 aliphatic heterocycles. The molecule has 0 saturated heterocycles. The maximum Gasteiger partial charge on any atom is 0.341 e. The summed E-state index contributed by atoms with van der Waals surface area (Å²) in [5.74, 6) is -0.485. The molecule has 1 unspecified atom stereocenters. The summed E-state index contributed by atoms with van der Waals surface area (Å²) in [6, 6.07) is 12.5. The molecule has 1 aliphatic rings.